The number of aromatic carboxylic acids is 1. The van der Waals surface area contributed by atoms with Crippen LogP contribution < -0.4 is 4.74 Å². The third-order valence-electron chi connectivity index (χ3n) is 6.20. The van der Waals surface area contributed by atoms with Crippen LogP contribution in [0.3, 0.4) is 0 Å². The average molecular weight is 633 g/mol. The van der Waals surface area contributed by atoms with E-state index in [4.69, 9.17) is 9.47 Å². The van der Waals surface area contributed by atoms with Gasteiger partial charge in [0.2, 0.25) is 11.0 Å². The van der Waals surface area contributed by atoms with E-state index in [9.17, 15) is 39.5 Å². The first-order chi connectivity index (χ1) is 20.1. The van der Waals surface area contributed by atoms with E-state index in [1.54, 1.807) is 20.8 Å². The van der Waals surface area contributed by atoms with Crippen molar-refractivity contribution in [3.8, 4) is 5.75 Å². The van der Waals surface area contributed by atoms with Gasteiger partial charge in [-0.1, -0.05) is 27.7 Å². The first-order valence-corrected chi connectivity index (χ1v) is 15.0. The lowest BCUT2D eigenvalue weighted by atomic mass is 9.92. The Labute approximate surface area is 256 Å². The highest BCUT2D eigenvalue weighted by Gasteiger charge is 2.54. The highest BCUT2D eigenvalue weighted by atomic mass is 32.2. The number of aliphatic hydroxyl groups is 1. The maximum atomic E-state index is 13.8. The number of ether oxygens (including phenoxy) is 2. The van der Waals surface area contributed by atoms with Crippen molar-refractivity contribution in [1.82, 2.24) is 4.90 Å². The summed E-state index contributed by atoms with van der Waals surface area (Å²) in [6.45, 7) is 8.01. The zero-order valence-electron chi connectivity index (χ0n) is 24.1. The fourth-order valence-corrected chi connectivity index (χ4v) is 6.00. The summed E-state index contributed by atoms with van der Waals surface area (Å²) in [5, 5.41) is 29.2. The van der Waals surface area contributed by atoms with Crippen molar-refractivity contribution in [2.75, 3.05) is 5.75 Å². The molecular weight excluding hydrogens is 600 g/mol. The van der Waals surface area contributed by atoms with Crippen LogP contribution in [0.4, 0.5) is 5.69 Å². The zero-order valence-corrected chi connectivity index (χ0v) is 25.8. The number of carbonyl (C=O) groups excluding carboxylic acids is 3. The minimum Gasteiger partial charge on any atom is -0.478 e. The highest BCUT2D eigenvalue weighted by molar-refractivity contribution is 8.16. The van der Waals surface area contributed by atoms with E-state index in [2.05, 4.69) is 0 Å². The predicted molar refractivity (Wildman–Crippen MR) is 160 cm³/mol. The van der Waals surface area contributed by atoms with Crippen LogP contribution in [0.25, 0.3) is 0 Å². The van der Waals surface area contributed by atoms with Gasteiger partial charge in [-0.2, -0.15) is 0 Å². The Kier molecular flexibility index (Phi) is 11.0. The molecule has 14 heteroatoms. The van der Waals surface area contributed by atoms with E-state index >= 15 is 0 Å². The van der Waals surface area contributed by atoms with Crippen LogP contribution in [0.5, 0.6) is 5.75 Å². The van der Waals surface area contributed by atoms with Crippen molar-refractivity contribution in [3.63, 3.8) is 0 Å². The molecule has 2 aromatic rings. The van der Waals surface area contributed by atoms with Crippen LogP contribution in [0.2, 0.25) is 0 Å². The third-order valence-corrected chi connectivity index (χ3v) is 8.63. The van der Waals surface area contributed by atoms with Crippen LogP contribution in [-0.2, 0) is 25.7 Å². The highest BCUT2D eigenvalue weighted by Crippen LogP contribution is 2.43. The number of hydrogen-bond acceptors (Lipinski definition) is 11. The van der Waals surface area contributed by atoms with Crippen LogP contribution in [-0.4, -0.2) is 60.2 Å². The summed E-state index contributed by atoms with van der Waals surface area (Å²) in [7, 11) is 0. The smallest absolute Gasteiger partial charge is 0.359 e. The summed E-state index contributed by atoms with van der Waals surface area (Å²) in [5.74, 6) is -2.96. The topological polar surface area (TPSA) is 174 Å². The van der Waals surface area contributed by atoms with Gasteiger partial charge in [0.05, 0.1) is 27.9 Å². The number of carboxylic acids is 1. The summed E-state index contributed by atoms with van der Waals surface area (Å²) < 4.78 is 11.5. The summed E-state index contributed by atoms with van der Waals surface area (Å²) in [6.07, 6.45) is -1.03. The Balaban J connectivity index is 2.11. The van der Waals surface area contributed by atoms with Crippen LogP contribution >= 0.6 is 23.5 Å². The molecule has 3 rings (SSSR count). The van der Waals surface area contributed by atoms with Crippen molar-refractivity contribution in [3.05, 3.63) is 80.6 Å². The molecule has 2 N–H and O–H groups in total. The Morgan fingerprint density at radius 2 is 1.70 bits per heavy atom. The van der Waals surface area contributed by atoms with Crippen LogP contribution in [0, 0.1) is 21.4 Å². The van der Waals surface area contributed by atoms with Gasteiger partial charge in [0.25, 0.3) is 5.69 Å². The molecule has 1 aliphatic heterocycles. The molecule has 0 aromatic heterocycles. The summed E-state index contributed by atoms with van der Waals surface area (Å²) >= 11 is 1.90. The molecule has 12 nitrogen and oxygen atoms in total. The Morgan fingerprint density at radius 3 is 2.19 bits per heavy atom. The second-order valence-corrected chi connectivity index (χ2v) is 12.9. The van der Waals surface area contributed by atoms with Crippen molar-refractivity contribution in [1.29, 1.82) is 0 Å². The molecule has 1 heterocycles. The van der Waals surface area contributed by atoms with Gasteiger partial charge in [-0.05, 0) is 66.4 Å². The van der Waals surface area contributed by atoms with Gasteiger partial charge in [0.15, 0.2) is 10.8 Å². The number of amides is 1. The van der Waals surface area contributed by atoms with E-state index in [0.717, 1.165) is 4.90 Å². The van der Waals surface area contributed by atoms with E-state index in [1.807, 2.05) is 6.92 Å². The molecule has 0 radical (unpaired) electrons. The van der Waals surface area contributed by atoms with Crippen molar-refractivity contribution in [2.24, 2.45) is 11.3 Å². The molecule has 0 bridgehead atoms. The van der Waals surface area contributed by atoms with Gasteiger partial charge in [-0.15, -0.1) is 11.8 Å². The monoisotopic (exact) mass is 632 g/mol. The molecule has 1 aliphatic rings. The van der Waals surface area contributed by atoms with Crippen LogP contribution in [0.1, 0.15) is 50.5 Å². The molecule has 3 atom stereocenters. The van der Waals surface area contributed by atoms with Gasteiger partial charge >= 0.3 is 11.9 Å². The minimum absolute atomic E-state index is 0.0175. The Morgan fingerprint density at radius 1 is 1.09 bits per heavy atom. The van der Waals surface area contributed by atoms with Gasteiger partial charge in [-0.25, -0.2) is 9.59 Å². The number of carboxylic acid groups (broad SMARTS) is 1. The zero-order chi connectivity index (χ0) is 32.1. The number of nitrogens with zero attached hydrogens (tertiary/aromatic N) is 2. The number of esters is 1. The van der Waals surface area contributed by atoms with E-state index in [-0.39, 0.29) is 34.4 Å². The molecule has 1 saturated heterocycles. The standard InChI is InChI=1S/C29H32N2O10S2/c1-6-42-24-21(16(2)32)23(33)30(24)22(26(36)40-15-17-7-11-19(12-8-17)31(38)39)27(43-28(37)29(3,4)5)41-20-13-9-18(10-14-20)25(34)35/h7-14,16,21,24,32H,6,15H2,1-5H3,(H,34,35)/t16-,21+,24-/m1/s1. The Bertz CT molecular complexity index is 1420. The van der Waals surface area contributed by atoms with E-state index in [1.165, 1.54) is 67.2 Å². The van der Waals surface area contributed by atoms with Gasteiger partial charge in [0, 0.05) is 17.5 Å². The second kappa shape index (κ2) is 14.1. The lowest BCUT2D eigenvalue weighted by Gasteiger charge is -2.48. The molecule has 0 saturated carbocycles. The number of likely N-dealkylation sites (tertiary alicyclic amines) is 1. The number of non-ortho nitro benzene ring substituents is 1. The number of nitro groups is 1. The largest absolute Gasteiger partial charge is 0.478 e. The minimum atomic E-state index is -1.16. The number of nitro benzene ring substituents is 1. The maximum Gasteiger partial charge on any atom is 0.359 e. The van der Waals surface area contributed by atoms with E-state index < -0.39 is 50.7 Å². The molecule has 230 valence electrons. The first kappa shape index (κ1) is 33.6. The fraction of sp³-hybridized carbons (Fsp3) is 0.379. The van der Waals surface area contributed by atoms with Gasteiger partial charge in [0.1, 0.15) is 12.4 Å². The SMILES string of the molecule is CCS[C@@H]1[C@@H]([C@@H](C)O)C(=O)N1C(C(=O)OCc1ccc([N+](=O)[O-])cc1)=C(Oc1ccc(C(=O)O)cc1)SC(=O)C(C)(C)C. The molecular formula is C29H32N2O10S2. The van der Waals surface area contributed by atoms with Crippen molar-refractivity contribution < 1.29 is 43.8 Å². The normalized spacial score (nSPS) is 17.8. The number of rotatable bonds is 12. The number of benzene rings is 2. The maximum absolute atomic E-state index is 13.8. The number of hydrogen-bond donors (Lipinski definition) is 2. The fourth-order valence-electron chi connectivity index (χ4n) is 3.86. The quantitative estimate of drug-likeness (QED) is 0.0818. The predicted octanol–water partition coefficient (Wildman–Crippen LogP) is 4.81. The summed E-state index contributed by atoms with van der Waals surface area (Å²) in [5.41, 5.74) is -0.985. The summed E-state index contributed by atoms with van der Waals surface area (Å²) in [6, 6.07) is 10.6. The molecule has 1 amide bonds. The first-order valence-electron chi connectivity index (χ1n) is 13.2. The Hall–Kier alpha value is -3.88. The molecule has 1 fully saturated rings. The molecule has 2 aromatic carbocycles. The molecule has 0 aliphatic carbocycles. The lowest BCUT2D eigenvalue weighted by molar-refractivity contribution is -0.384. The van der Waals surface area contributed by atoms with Crippen molar-refractivity contribution >= 4 is 52.2 Å². The van der Waals surface area contributed by atoms with E-state index in [0.29, 0.717) is 23.1 Å². The molecule has 0 unspecified atom stereocenters. The number of thioether (sulfide) groups is 2. The molecule has 0 spiro atoms. The van der Waals surface area contributed by atoms with Crippen molar-refractivity contribution in [2.45, 2.75) is 52.7 Å². The number of β-lactam (4-membered cyclic amide) rings is 1. The second-order valence-electron chi connectivity index (χ2n) is 10.5. The third kappa shape index (κ3) is 8.15. The number of aliphatic hydroxyl groups excluding tert-OH is 1. The average Bonchev–Trinajstić information content (AvgIpc) is 2.93. The van der Waals surface area contributed by atoms with Gasteiger partial charge < -0.3 is 19.7 Å². The van der Waals surface area contributed by atoms with Crippen LogP contribution in [0.15, 0.2) is 59.3 Å². The summed E-state index contributed by atoms with van der Waals surface area (Å²) in [4.78, 5) is 63.3. The molecule has 43 heavy (non-hydrogen) atoms. The van der Waals surface area contributed by atoms with Gasteiger partial charge in [-0.3, -0.25) is 24.6 Å². The lowest BCUT2D eigenvalue weighted by Crippen LogP contribution is -2.63. The number of carbonyl (C=O) groups is 4.